The lowest BCUT2D eigenvalue weighted by atomic mass is 10.1. The van der Waals surface area contributed by atoms with Crippen LogP contribution in [0.1, 0.15) is 213 Å². The van der Waals surface area contributed by atoms with Crippen molar-refractivity contribution in [1.29, 1.82) is 0 Å². The monoisotopic (exact) mass is 1000 g/mol. The Bertz CT molecular complexity index is 1720. The van der Waals surface area contributed by atoms with Crippen molar-refractivity contribution in [3.63, 3.8) is 0 Å². The first-order valence-electron chi connectivity index (χ1n) is 28.6. The Hall–Kier alpha value is -5.23. The molecule has 0 rings (SSSR count). The molecule has 0 aromatic heterocycles. The predicted octanol–water partition coefficient (Wildman–Crippen LogP) is 19.5. The van der Waals surface area contributed by atoms with Gasteiger partial charge in [-0.1, -0.05) is 229 Å². The number of hydrogen-bond donors (Lipinski definition) is 0. The number of hydrogen-bond acceptors (Lipinski definition) is 6. The predicted molar refractivity (Wildman–Crippen MR) is 315 cm³/mol. The minimum atomic E-state index is -0.847. The largest absolute Gasteiger partial charge is 0.462 e. The van der Waals surface area contributed by atoms with Crippen LogP contribution in [0.2, 0.25) is 0 Å². The van der Waals surface area contributed by atoms with Crippen LogP contribution >= 0.6 is 0 Å². The van der Waals surface area contributed by atoms with Crippen molar-refractivity contribution in [2.75, 3.05) is 13.2 Å². The maximum absolute atomic E-state index is 12.9. The van der Waals surface area contributed by atoms with Crippen molar-refractivity contribution in [2.45, 2.75) is 219 Å². The summed E-state index contributed by atoms with van der Waals surface area (Å²) in [5.74, 6) is -1.11. The van der Waals surface area contributed by atoms with E-state index in [1.165, 1.54) is 38.5 Å². The van der Waals surface area contributed by atoms with E-state index in [9.17, 15) is 14.4 Å². The van der Waals surface area contributed by atoms with Gasteiger partial charge in [-0.2, -0.15) is 0 Å². The molecule has 0 aromatic carbocycles. The molecule has 73 heavy (non-hydrogen) atoms. The van der Waals surface area contributed by atoms with Crippen LogP contribution < -0.4 is 0 Å². The highest BCUT2D eigenvalue weighted by atomic mass is 16.6. The lowest BCUT2D eigenvalue weighted by Crippen LogP contribution is -2.30. The van der Waals surface area contributed by atoms with Crippen molar-refractivity contribution >= 4 is 17.9 Å². The first-order chi connectivity index (χ1) is 36.0. The average molecular weight is 1000 g/mol. The van der Waals surface area contributed by atoms with E-state index in [0.717, 1.165) is 122 Å². The van der Waals surface area contributed by atoms with E-state index in [1.54, 1.807) is 0 Å². The molecule has 0 spiro atoms. The maximum atomic E-state index is 12.9. The van der Waals surface area contributed by atoms with E-state index < -0.39 is 6.10 Å². The van der Waals surface area contributed by atoms with Crippen LogP contribution in [0.5, 0.6) is 0 Å². The summed E-state index contributed by atoms with van der Waals surface area (Å²) in [6, 6.07) is 0. The lowest BCUT2D eigenvalue weighted by Gasteiger charge is -2.18. The van der Waals surface area contributed by atoms with Gasteiger partial charge in [-0.25, -0.2) is 0 Å². The van der Waals surface area contributed by atoms with E-state index in [4.69, 9.17) is 14.2 Å². The number of rotatable bonds is 49. The van der Waals surface area contributed by atoms with Gasteiger partial charge in [0.25, 0.3) is 0 Å². The van der Waals surface area contributed by atoms with Gasteiger partial charge in [-0.3, -0.25) is 14.4 Å². The van der Waals surface area contributed by atoms with Crippen molar-refractivity contribution < 1.29 is 28.6 Å². The van der Waals surface area contributed by atoms with Crippen molar-refractivity contribution in [3.05, 3.63) is 170 Å². The summed E-state index contributed by atoms with van der Waals surface area (Å²) in [7, 11) is 0. The molecule has 0 radical (unpaired) electrons. The van der Waals surface area contributed by atoms with Gasteiger partial charge in [0.2, 0.25) is 0 Å². The Labute approximate surface area is 447 Å². The molecule has 0 bridgehead atoms. The molecule has 1 unspecified atom stereocenters. The second kappa shape index (κ2) is 59.3. The molecule has 0 saturated heterocycles. The van der Waals surface area contributed by atoms with Crippen LogP contribution in [0.4, 0.5) is 0 Å². The maximum Gasteiger partial charge on any atom is 0.306 e. The molecule has 0 aromatic rings. The Morgan fingerprint density at radius 3 is 0.959 bits per heavy atom. The Balaban J connectivity index is 4.59. The van der Waals surface area contributed by atoms with Gasteiger partial charge in [-0.05, 0) is 135 Å². The molecule has 0 N–H and O–H groups in total. The number of carbonyl (C=O) groups is 3. The highest BCUT2D eigenvalue weighted by Gasteiger charge is 2.19. The van der Waals surface area contributed by atoms with Gasteiger partial charge in [0.1, 0.15) is 13.2 Å². The van der Waals surface area contributed by atoms with Gasteiger partial charge in [-0.15, -0.1) is 0 Å². The molecule has 0 fully saturated rings. The zero-order valence-corrected chi connectivity index (χ0v) is 46.3. The van der Waals surface area contributed by atoms with E-state index in [1.807, 2.05) is 12.2 Å². The van der Waals surface area contributed by atoms with Crippen LogP contribution in [0.25, 0.3) is 0 Å². The summed E-state index contributed by atoms with van der Waals surface area (Å²) < 4.78 is 16.7. The molecule has 1 atom stereocenters. The SMILES string of the molecule is CC/C=C\C/C=C\C/C=C\C/C=C\C/C=C\C/C=C\C/C=C\CCCC(=O)OCC(COC(=O)CC/C=C\C/C=C\C/C=C\C/C=C\CC)OC(=O)CCCCCCCC/C=C\C/C=C\C/C=C\CCCCC. The normalized spacial score (nSPS) is 13.4. The van der Waals surface area contributed by atoms with E-state index in [-0.39, 0.29) is 50.4 Å². The minimum absolute atomic E-state index is 0.144. The first kappa shape index (κ1) is 67.8. The van der Waals surface area contributed by atoms with Gasteiger partial charge in [0, 0.05) is 19.3 Å². The van der Waals surface area contributed by atoms with Crippen LogP contribution in [0.15, 0.2) is 170 Å². The zero-order chi connectivity index (χ0) is 52.9. The molecule has 6 nitrogen and oxygen atoms in total. The van der Waals surface area contributed by atoms with Crippen LogP contribution in [0, 0.1) is 0 Å². The topological polar surface area (TPSA) is 78.9 Å². The van der Waals surface area contributed by atoms with Gasteiger partial charge >= 0.3 is 17.9 Å². The summed E-state index contributed by atoms with van der Waals surface area (Å²) in [5.41, 5.74) is 0. The average Bonchev–Trinajstić information content (AvgIpc) is 3.39. The number of carbonyl (C=O) groups excluding carboxylic acids is 3. The highest BCUT2D eigenvalue weighted by molar-refractivity contribution is 5.71. The third kappa shape index (κ3) is 57.5. The molecule has 0 heterocycles. The number of allylic oxidation sites excluding steroid dienone is 28. The molecule has 6 heteroatoms. The summed E-state index contributed by atoms with van der Waals surface area (Å²) >= 11 is 0. The second-order valence-corrected chi connectivity index (χ2v) is 18.1. The third-order valence-electron chi connectivity index (χ3n) is 11.2. The molecule has 0 aliphatic heterocycles. The Morgan fingerprint density at radius 1 is 0.288 bits per heavy atom. The van der Waals surface area contributed by atoms with Crippen molar-refractivity contribution in [3.8, 4) is 0 Å². The highest BCUT2D eigenvalue weighted by Crippen LogP contribution is 2.12. The smallest absolute Gasteiger partial charge is 0.306 e. The molecular formula is C67H102O6. The lowest BCUT2D eigenvalue weighted by molar-refractivity contribution is -0.166. The summed E-state index contributed by atoms with van der Waals surface area (Å²) in [6.45, 7) is 6.23. The Morgan fingerprint density at radius 2 is 0.575 bits per heavy atom. The van der Waals surface area contributed by atoms with Crippen LogP contribution in [0.3, 0.4) is 0 Å². The van der Waals surface area contributed by atoms with Gasteiger partial charge in [0.05, 0.1) is 0 Å². The first-order valence-corrected chi connectivity index (χ1v) is 28.6. The van der Waals surface area contributed by atoms with E-state index in [0.29, 0.717) is 12.8 Å². The fourth-order valence-corrected chi connectivity index (χ4v) is 6.98. The molecule has 406 valence electrons. The number of ether oxygens (including phenoxy) is 3. The minimum Gasteiger partial charge on any atom is -0.462 e. The van der Waals surface area contributed by atoms with E-state index >= 15 is 0 Å². The fraction of sp³-hybridized carbons (Fsp3) is 0.537. The molecule has 0 aliphatic rings. The summed E-state index contributed by atoms with van der Waals surface area (Å²) in [6.07, 6.45) is 87.9. The van der Waals surface area contributed by atoms with Crippen molar-refractivity contribution in [2.24, 2.45) is 0 Å². The molecule has 0 saturated carbocycles. The summed E-state index contributed by atoms with van der Waals surface area (Å²) in [5, 5.41) is 0. The van der Waals surface area contributed by atoms with E-state index in [2.05, 4.69) is 179 Å². The van der Waals surface area contributed by atoms with Crippen LogP contribution in [-0.2, 0) is 28.6 Å². The van der Waals surface area contributed by atoms with Gasteiger partial charge < -0.3 is 14.2 Å². The summed E-state index contributed by atoms with van der Waals surface area (Å²) in [4.78, 5) is 38.1. The zero-order valence-electron chi connectivity index (χ0n) is 46.3. The second-order valence-electron chi connectivity index (χ2n) is 18.1. The molecular weight excluding hydrogens is 901 g/mol. The van der Waals surface area contributed by atoms with Crippen molar-refractivity contribution in [1.82, 2.24) is 0 Å². The Kier molecular flexibility index (Phi) is 55.1. The third-order valence-corrected chi connectivity index (χ3v) is 11.2. The van der Waals surface area contributed by atoms with Gasteiger partial charge in [0.15, 0.2) is 6.10 Å². The number of unbranched alkanes of at least 4 members (excludes halogenated alkanes) is 10. The quantitative estimate of drug-likeness (QED) is 0.0261. The molecule has 0 amide bonds. The molecule has 0 aliphatic carbocycles. The number of esters is 3. The fourth-order valence-electron chi connectivity index (χ4n) is 6.98. The standard InChI is InChI=1S/C67H102O6/c1-4-7-10-13-16-19-22-25-27-29-31-32-33-34-36-37-39-42-45-48-51-54-57-60-66(69)72-63-64(62-71-65(68)59-56-53-50-47-44-41-24-21-18-15-12-9-6-3)73-67(70)61-58-55-52-49-46-43-40-38-35-30-28-26-23-20-17-14-11-8-5-2/h7,9-10,12,16-21,25-28,31-32,34-36,38-39,41-42,44,48,50-51,53,64H,4-6,8,11,13-15,22-24,29-30,33,37,40,43,45-47,49,52,54-63H2,1-3H3/b10-7-,12-9-,19-16-,20-17-,21-18-,27-25-,28-26-,32-31-,36-34-,38-35-,42-39-,44-41-,51-48-,53-50-. The van der Waals surface area contributed by atoms with Crippen LogP contribution in [-0.4, -0.2) is 37.2 Å².